The molecule has 0 aliphatic carbocycles. The Balaban J connectivity index is 1.70. The molecule has 1 aliphatic heterocycles. The van der Waals surface area contributed by atoms with Crippen LogP contribution in [0.1, 0.15) is 16.7 Å². The highest BCUT2D eigenvalue weighted by Crippen LogP contribution is 2.29. The van der Waals surface area contributed by atoms with Gasteiger partial charge in [-0.25, -0.2) is 0 Å². The summed E-state index contributed by atoms with van der Waals surface area (Å²) in [4.78, 5) is 15.6. The molecule has 0 unspecified atom stereocenters. The van der Waals surface area contributed by atoms with Crippen molar-refractivity contribution in [2.24, 2.45) is 0 Å². The van der Waals surface area contributed by atoms with Gasteiger partial charge in [0.05, 0.1) is 8.95 Å². The minimum Gasteiger partial charge on any atom is -0.507 e. The molecule has 3 aromatic rings. The third-order valence-corrected chi connectivity index (χ3v) is 6.52. The van der Waals surface area contributed by atoms with Crippen molar-refractivity contribution in [2.75, 3.05) is 13.1 Å². The average Bonchev–Trinajstić information content (AvgIpc) is 2.77. The van der Waals surface area contributed by atoms with Crippen molar-refractivity contribution in [3.05, 3.63) is 104 Å². The maximum Gasteiger partial charge on any atom is 0.187 e. The molecule has 0 saturated carbocycles. The zero-order valence-corrected chi connectivity index (χ0v) is 20.3. The number of piperidine rings is 1. The van der Waals surface area contributed by atoms with Crippen LogP contribution in [0.15, 0.2) is 86.8 Å². The highest BCUT2D eigenvalue weighted by Gasteiger charge is 2.26. The van der Waals surface area contributed by atoms with Gasteiger partial charge in [-0.05, 0) is 85.0 Å². The number of phenols is 2. The molecule has 1 aliphatic rings. The molecule has 4 nitrogen and oxygen atoms in total. The van der Waals surface area contributed by atoms with E-state index in [9.17, 15) is 15.0 Å². The predicted octanol–water partition coefficient (Wildman–Crippen LogP) is 6.17. The van der Waals surface area contributed by atoms with Gasteiger partial charge >= 0.3 is 0 Å². The van der Waals surface area contributed by atoms with Crippen molar-refractivity contribution in [3.8, 4) is 11.5 Å². The monoisotopic (exact) mass is 553 g/mol. The van der Waals surface area contributed by atoms with Crippen LogP contribution in [0.3, 0.4) is 0 Å². The Kier molecular flexibility index (Phi) is 6.94. The fourth-order valence-corrected chi connectivity index (χ4v) is 4.48. The number of aromatic hydroxyl groups is 2. The molecule has 162 valence electrons. The predicted molar refractivity (Wildman–Crippen MR) is 134 cm³/mol. The van der Waals surface area contributed by atoms with Gasteiger partial charge in [0.2, 0.25) is 0 Å². The van der Waals surface area contributed by atoms with E-state index in [1.807, 2.05) is 30.4 Å². The summed E-state index contributed by atoms with van der Waals surface area (Å²) >= 11 is 6.68. The first-order chi connectivity index (χ1) is 15.4. The quantitative estimate of drug-likeness (QED) is 0.378. The molecule has 2 N–H and O–H groups in total. The Morgan fingerprint density at radius 1 is 0.781 bits per heavy atom. The van der Waals surface area contributed by atoms with E-state index in [1.165, 1.54) is 5.56 Å². The second kappa shape index (κ2) is 9.86. The average molecular weight is 555 g/mol. The topological polar surface area (TPSA) is 60.8 Å². The number of likely N-dealkylation sites (tertiary alicyclic amines) is 1. The van der Waals surface area contributed by atoms with Gasteiger partial charge in [-0.1, -0.05) is 42.5 Å². The Morgan fingerprint density at radius 3 is 1.75 bits per heavy atom. The minimum atomic E-state index is 0.00251. The fourth-order valence-electron chi connectivity index (χ4n) is 3.69. The van der Waals surface area contributed by atoms with E-state index < -0.39 is 0 Å². The van der Waals surface area contributed by atoms with Crippen molar-refractivity contribution in [2.45, 2.75) is 6.54 Å². The van der Waals surface area contributed by atoms with Crippen molar-refractivity contribution >= 4 is 49.8 Å². The lowest BCUT2D eigenvalue weighted by atomic mass is 9.94. The summed E-state index contributed by atoms with van der Waals surface area (Å²) in [7, 11) is 0. The number of halogens is 2. The second-order valence-electron chi connectivity index (χ2n) is 7.72. The summed E-state index contributed by atoms with van der Waals surface area (Å²) in [5.41, 5.74) is 4.24. The highest BCUT2D eigenvalue weighted by molar-refractivity contribution is 9.10. The fraction of sp³-hybridized carbons (Fsp3) is 0.115. The molecule has 3 aromatic carbocycles. The largest absolute Gasteiger partial charge is 0.507 e. The van der Waals surface area contributed by atoms with Gasteiger partial charge in [-0.3, -0.25) is 9.69 Å². The molecular weight excluding hydrogens is 534 g/mol. The number of carbonyl (C=O) groups excluding carboxylic acids is 1. The van der Waals surface area contributed by atoms with E-state index in [2.05, 4.69) is 48.9 Å². The molecule has 0 atom stereocenters. The van der Waals surface area contributed by atoms with Crippen LogP contribution in [-0.2, 0) is 11.3 Å². The number of ketones is 1. The lowest BCUT2D eigenvalue weighted by molar-refractivity contribution is -0.113. The molecule has 0 spiro atoms. The Bertz CT molecular complexity index is 1150. The first-order valence-electron chi connectivity index (χ1n) is 10.1. The van der Waals surface area contributed by atoms with Gasteiger partial charge < -0.3 is 10.2 Å². The van der Waals surface area contributed by atoms with E-state index in [0.717, 1.165) is 17.7 Å². The van der Waals surface area contributed by atoms with Gasteiger partial charge in [0.1, 0.15) is 11.5 Å². The summed E-state index contributed by atoms with van der Waals surface area (Å²) in [5.74, 6) is 0.320. The van der Waals surface area contributed by atoms with E-state index >= 15 is 0 Å². The van der Waals surface area contributed by atoms with Crippen molar-refractivity contribution < 1.29 is 15.0 Å². The van der Waals surface area contributed by atoms with Crippen LogP contribution in [0.4, 0.5) is 0 Å². The highest BCUT2D eigenvalue weighted by atomic mass is 79.9. The summed E-state index contributed by atoms with van der Waals surface area (Å²) in [5, 5.41) is 19.6. The molecule has 0 radical (unpaired) electrons. The number of hydrogen-bond acceptors (Lipinski definition) is 4. The van der Waals surface area contributed by atoms with Gasteiger partial charge in [0.25, 0.3) is 0 Å². The number of nitrogens with zero attached hydrogens (tertiary/aromatic N) is 1. The van der Waals surface area contributed by atoms with Crippen molar-refractivity contribution in [1.29, 1.82) is 0 Å². The third-order valence-electron chi connectivity index (χ3n) is 5.25. The molecule has 1 saturated heterocycles. The first kappa shape index (κ1) is 22.5. The normalized spacial score (nSPS) is 17.2. The molecule has 0 amide bonds. The van der Waals surface area contributed by atoms with Crippen LogP contribution in [0.25, 0.3) is 12.2 Å². The molecule has 4 rings (SSSR count). The number of rotatable bonds is 4. The third kappa shape index (κ3) is 5.38. The number of hydrogen-bond donors (Lipinski definition) is 2. The van der Waals surface area contributed by atoms with E-state index in [4.69, 9.17) is 0 Å². The zero-order valence-electron chi connectivity index (χ0n) is 17.1. The van der Waals surface area contributed by atoms with Gasteiger partial charge in [0.15, 0.2) is 5.78 Å². The Morgan fingerprint density at radius 2 is 1.28 bits per heavy atom. The van der Waals surface area contributed by atoms with Crippen LogP contribution in [0, 0.1) is 0 Å². The lowest BCUT2D eigenvalue weighted by Crippen LogP contribution is -2.37. The molecule has 0 aromatic heterocycles. The van der Waals surface area contributed by atoms with Gasteiger partial charge in [-0.2, -0.15) is 0 Å². The summed E-state index contributed by atoms with van der Waals surface area (Å²) in [6.07, 6.45) is 3.76. The van der Waals surface area contributed by atoms with Crippen LogP contribution in [0.2, 0.25) is 0 Å². The summed E-state index contributed by atoms with van der Waals surface area (Å²) in [6, 6.07) is 20.6. The van der Waals surface area contributed by atoms with Crippen LogP contribution < -0.4 is 0 Å². The van der Waals surface area contributed by atoms with Gasteiger partial charge in [0, 0.05) is 30.8 Å². The Hall–Kier alpha value is -2.67. The van der Waals surface area contributed by atoms with Crippen LogP contribution in [0.5, 0.6) is 11.5 Å². The standard InChI is InChI=1S/C26H21Br2NO3/c27-22-12-18(6-8-24(22)30)10-20-15-29(14-17-4-2-1-3-5-17)16-21(26(20)32)11-19-7-9-25(31)23(28)13-19/h1-13,30-31H,14-16H2/b20-10+,21-11?. The number of phenolic OH excluding ortho intramolecular Hbond substituents is 2. The van der Waals surface area contributed by atoms with Crippen molar-refractivity contribution in [1.82, 2.24) is 4.90 Å². The molecule has 0 bridgehead atoms. The molecule has 1 fully saturated rings. The van der Waals surface area contributed by atoms with E-state index in [-0.39, 0.29) is 17.3 Å². The SMILES string of the molecule is O=C1C(=Cc2ccc(O)c(Br)c2)CN(Cc2ccccc2)C/C1=C\c1ccc(O)c(Br)c1. The van der Waals surface area contributed by atoms with Crippen LogP contribution in [-0.4, -0.2) is 34.0 Å². The molecular formula is C26H21Br2NO3. The van der Waals surface area contributed by atoms with Gasteiger partial charge in [-0.15, -0.1) is 0 Å². The molecule has 32 heavy (non-hydrogen) atoms. The summed E-state index contributed by atoms with van der Waals surface area (Å²) < 4.78 is 1.17. The van der Waals surface area contributed by atoms with E-state index in [0.29, 0.717) is 33.2 Å². The molecule has 1 heterocycles. The first-order valence-corrected chi connectivity index (χ1v) is 11.7. The smallest absolute Gasteiger partial charge is 0.187 e. The second-order valence-corrected chi connectivity index (χ2v) is 9.43. The summed E-state index contributed by atoms with van der Waals surface area (Å²) in [6.45, 7) is 1.78. The van der Waals surface area contributed by atoms with Crippen LogP contribution >= 0.6 is 31.9 Å². The van der Waals surface area contributed by atoms with Crippen molar-refractivity contribution in [3.63, 3.8) is 0 Å². The Labute approximate surface area is 203 Å². The lowest BCUT2D eigenvalue weighted by Gasteiger charge is -2.30. The zero-order chi connectivity index (χ0) is 22.7. The minimum absolute atomic E-state index is 0.00251. The van der Waals surface area contributed by atoms with E-state index in [1.54, 1.807) is 36.4 Å². The molecule has 6 heteroatoms. The number of carbonyl (C=O) groups is 1. The maximum atomic E-state index is 13.4. The number of Topliss-reactive ketones (excluding diaryl/α,β-unsaturated/α-hetero) is 1. The number of benzene rings is 3. The maximum absolute atomic E-state index is 13.4.